The van der Waals surface area contributed by atoms with E-state index in [9.17, 15) is 19.5 Å². The Kier molecular flexibility index (Phi) is 8.17. The predicted molar refractivity (Wildman–Crippen MR) is 150 cm³/mol. The largest absolute Gasteiger partial charge is 0.465 e. The lowest BCUT2D eigenvalue weighted by Crippen LogP contribution is -2.61. The third-order valence-corrected chi connectivity index (χ3v) is 10.6. The quantitative estimate of drug-likeness (QED) is 0.397. The minimum Gasteiger partial charge on any atom is -0.465 e. The van der Waals surface area contributed by atoms with Crippen LogP contribution in [0.15, 0.2) is 24.3 Å². The Morgan fingerprint density at radius 2 is 1.87 bits per heavy atom. The van der Waals surface area contributed by atoms with Gasteiger partial charge in [0, 0.05) is 17.3 Å². The van der Waals surface area contributed by atoms with Crippen molar-refractivity contribution >= 4 is 29.5 Å². The van der Waals surface area contributed by atoms with Crippen LogP contribution in [0.25, 0.3) is 0 Å². The number of carbonyl (C=O) groups is 3. The third-order valence-electron chi connectivity index (χ3n) is 8.83. The van der Waals surface area contributed by atoms with Crippen LogP contribution >= 0.6 is 11.8 Å². The van der Waals surface area contributed by atoms with Gasteiger partial charge in [0.2, 0.25) is 11.8 Å². The van der Waals surface area contributed by atoms with Crippen molar-refractivity contribution in [3.05, 3.63) is 24.3 Å². The Labute approximate surface area is 232 Å². The smallest absolute Gasteiger partial charge is 0.311 e. The van der Waals surface area contributed by atoms with E-state index in [1.807, 2.05) is 37.0 Å². The zero-order valence-corrected chi connectivity index (χ0v) is 24.9. The normalized spacial score (nSPS) is 34.4. The number of amides is 2. The van der Waals surface area contributed by atoms with Crippen LogP contribution < -0.4 is 0 Å². The molecule has 2 amide bonds. The Morgan fingerprint density at radius 1 is 1.16 bits per heavy atom. The average Bonchev–Trinajstić information content (AvgIpc) is 3.22. The van der Waals surface area contributed by atoms with E-state index in [2.05, 4.69) is 40.7 Å². The molecule has 38 heavy (non-hydrogen) atoms. The molecule has 4 aliphatic rings. The fourth-order valence-electron chi connectivity index (χ4n) is 7.30. The number of aliphatic hydroxyl groups excluding tert-OH is 1. The molecule has 0 saturated carbocycles. The summed E-state index contributed by atoms with van der Waals surface area (Å²) in [6.45, 7) is 15.3. The predicted octanol–water partition coefficient (Wildman–Crippen LogP) is 4.20. The highest BCUT2D eigenvalue weighted by molar-refractivity contribution is 8.02. The fourth-order valence-corrected chi connectivity index (χ4v) is 9.29. The number of carbonyl (C=O) groups excluding carboxylic acids is 3. The summed E-state index contributed by atoms with van der Waals surface area (Å²) in [5, 5.41) is 10.3. The van der Waals surface area contributed by atoms with E-state index in [4.69, 9.17) is 4.74 Å². The van der Waals surface area contributed by atoms with Gasteiger partial charge in [-0.2, -0.15) is 0 Å². The number of ether oxygens (including phenoxy) is 1. The van der Waals surface area contributed by atoms with Crippen molar-refractivity contribution < 1.29 is 24.2 Å². The maximum atomic E-state index is 14.7. The number of esters is 1. The van der Waals surface area contributed by atoms with Gasteiger partial charge in [0.15, 0.2) is 0 Å². The van der Waals surface area contributed by atoms with E-state index >= 15 is 0 Å². The average molecular weight is 547 g/mol. The maximum Gasteiger partial charge on any atom is 0.311 e. The summed E-state index contributed by atoms with van der Waals surface area (Å²) in [6.07, 6.45) is 11.3. The van der Waals surface area contributed by atoms with E-state index in [1.165, 1.54) is 0 Å². The topological polar surface area (TPSA) is 87.2 Å². The molecule has 7 atom stereocenters. The molecule has 4 rings (SSSR count). The second-order valence-electron chi connectivity index (χ2n) is 13.4. The summed E-state index contributed by atoms with van der Waals surface area (Å²) in [6, 6.07) is -1.31. The highest BCUT2D eigenvalue weighted by atomic mass is 32.2. The van der Waals surface area contributed by atoms with Gasteiger partial charge in [0.25, 0.3) is 0 Å². The van der Waals surface area contributed by atoms with Gasteiger partial charge in [-0.25, -0.2) is 0 Å². The summed E-state index contributed by atoms with van der Waals surface area (Å²) >= 11 is 1.56. The molecule has 0 aromatic carbocycles. The van der Waals surface area contributed by atoms with Crippen LogP contribution in [0.3, 0.4) is 0 Å². The zero-order valence-electron chi connectivity index (χ0n) is 24.1. The lowest BCUT2D eigenvalue weighted by Gasteiger charge is -2.46. The first-order chi connectivity index (χ1) is 17.8. The van der Waals surface area contributed by atoms with Gasteiger partial charge in [-0.3, -0.25) is 14.4 Å². The van der Waals surface area contributed by atoms with Crippen molar-refractivity contribution in [2.45, 2.75) is 102 Å². The monoisotopic (exact) mass is 546 g/mol. The van der Waals surface area contributed by atoms with Crippen LogP contribution in [0.2, 0.25) is 0 Å². The number of likely N-dealkylation sites (tertiary alicyclic amines) is 1. The van der Waals surface area contributed by atoms with Gasteiger partial charge in [0.1, 0.15) is 6.04 Å². The molecule has 4 aliphatic heterocycles. The molecule has 1 unspecified atom stereocenters. The standard InChI is InChI=1S/C30H46N2O5S/c1-8-19(2)20(17-33)32-24-26(35)31(29(6,7)18-28(3,4)5)15-12-14-30(24)23(25(32)34)22-21(38-30)13-10-9-11-16-37-27(22)36/h10,12-14,19-24,33H,8-9,11,15-18H2,1-7H3/b13-10-/t19-,20-,21+,22-,23-,24?,30-/m0/s1. The van der Waals surface area contributed by atoms with Crippen LogP contribution in [-0.2, 0) is 19.1 Å². The number of fused-ring (bicyclic) bond motifs is 2. The van der Waals surface area contributed by atoms with Gasteiger partial charge >= 0.3 is 5.97 Å². The summed E-state index contributed by atoms with van der Waals surface area (Å²) < 4.78 is 4.75. The first kappa shape index (κ1) is 29.2. The fraction of sp³-hybridized carbons (Fsp3) is 0.767. The number of nitrogens with zero attached hydrogens (tertiary/aromatic N) is 2. The molecule has 0 bridgehead atoms. The molecule has 2 saturated heterocycles. The van der Waals surface area contributed by atoms with E-state index in [-0.39, 0.29) is 41.0 Å². The van der Waals surface area contributed by atoms with Crippen molar-refractivity contribution in [2.75, 3.05) is 19.8 Å². The van der Waals surface area contributed by atoms with Crippen molar-refractivity contribution in [3.63, 3.8) is 0 Å². The molecule has 2 fully saturated rings. The summed E-state index contributed by atoms with van der Waals surface area (Å²) in [7, 11) is 0. The van der Waals surface area contributed by atoms with Crippen LogP contribution in [0.1, 0.15) is 74.1 Å². The number of hydrogen-bond acceptors (Lipinski definition) is 6. The first-order valence-electron chi connectivity index (χ1n) is 14.2. The number of cyclic esters (lactones) is 1. The van der Waals surface area contributed by atoms with Crippen LogP contribution in [0.4, 0.5) is 0 Å². The molecular weight excluding hydrogens is 500 g/mol. The van der Waals surface area contributed by atoms with Crippen LogP contribution in [-0.4, -0.2) is 80.1 Å². The number of allylic oxidation sites excluding steroid dienone is 1. The summed E-state index contributed by atoms with van der Waals surface area (Å²) in [5.41, 5.74) is -0.457. The minimum atomic E-state index is -0.903. The Bertz CT molecular complexity index is 1000. The lowest BCUT2D eigenvalue weighted by molar-refractivity contribution is -0.154. The number of hydrogen-bond donors (Lipinski definition) is 1. The van der Waals surface area contributed by atoms with Gasteiger partial charge in [0.05, 0.1) is 35.8 Å². The first-order valence-corrected chi connectivity index (χ1v) is 15.1. The molecular formula is C30H46N2O5S. The Morgan fingerprint density at radius 3 is 2.50 bits per heavy atom. The van der Waals surface area contributed by atoms with Crippen molar-refractivity contribution in [3.8, 4) is 0 Å². The van der Waals surface area contributed by atoms with E-state index in [1.54, 1.807) is 16.7 Å². The molecule has 7 nitrogen and oxygen atoms in total. The third kappa shape index (κ3) is 4.96. The van der Waals surface area contributed by atoms with E-state index in [0.29, 0.717) is 13.2 Å². The van der Waals surface area contributed by atoms with Crippen LogP contribution in [0.5, 0.6) is 0 Å². The van der Waals surface area contributed by atoms with Gasteiger partial charge in [-0.15, -0.1) is 11.8 Å². The number of thioether (sulfide) groups is 1. The molecule has 0 radical (unpaired) electrons. The Balaban J connectivity index is 1.87. The highest BCUT2D eigenvalue weighted by Gasteiger charge is 2.72. The molecule has 0 aromatic heterocycles. The molecule has 212 valence electrons. The van der Waals surface area contributed by atoms with Crippen molar-refractivity contribution in [1.82, 2.24) is 9.80 Å². The van der Waals surface area contributed by atoms with E-state index < -0.39 is 34.2 Å². The lowest BCUT2D eigenvalue weighted by atomic mass is 9.78. The SMILES string of the molecule is CC[C@H](C)[C@H](CO)N1C(=O)[C@@H]2[C@H]3C(=O)OCCC/C=C\[C@H]3S[C@@]23C=CCN(C(C)(C)CC(C)(C)C)C(=O)C13. The van der Waals surface area contributed by atoms with Crippen LogP contribution in [0, 0.1) is 23.2 Å². The van der Waals surface area contributed by atoms with Crippen molar-refractivity contribution in [1.29, 1.82) is 0 Å². The van der Waals surface area contributed by atoms with Gasteiger partial charge < -0.3 is 19.6 Å². The molecule has 1 N–H and O–H groups in total. The molecule has 4 heterocycles. The molecule has 1 spiro atoms. The number of rotatable bonds is 6. The van der Waals surface area contributed by atoms with Gasteiger partial charge in [-0.1, -0.05) is 65.3 Å². The van der Waals surface area contributed by atoms with Crippen molar-refractivity contribution in [2.24, 2.45) is 23.2 Å². The molecule has 8 heteroatoms. The summed E-state index contributed by atoms with van der Waals surface area (Å²) in [4.78, 5) is 46.2. The molecule has 0 aliphatic carbocycles. The second kappa shape index (κ2) is 10.6. The van der Waals surface area contributed by atoms with E-state index in [0.717, 1.165) is 25.7 Å². The second-order valence-corrected chi connectivity index (χ2v) is 14.8. The zero-order chi connectivity index (χ0) is 28.0. The molecule has 0 aromatic rings. The Hall–Kier alpha value is -1.80. The highest BCUT2D eigenvalue weighted by Crippen LogP contribution is 2.61. The maximum absolute atomic E-state index is 14.7. The number of aliphatic hydroxyl groups is 1. The minimum absolute atomic E-state index is 0.00379. The van der Waals surface area contributed by atoms with Gasteiger partial charge in [-0.05, 0) is 44.4 Å². The summed E-state index contributed by atoms with van der Waals surface area (Å²) in [5.74, 6) is -2.07.